The summed E-state index contributed by atoms with van der Waals surface area (Å²) in [5, 5.41) is 10.1. The molecule has 3 aromatic rings. The maximum Gasteiger partial charge on any atom is 0.266 e. The molecule has 7 nitrogen and oxygen atoms in total. The number of nitrogens with zero attached hydrogens (tertiary/aromatic N) is 1. The second kappa shape index (κ2) is 13.4. The number of carbonyl (C=O) groups is 1. The van der Waals surface area contributed by atoms with Gasteiger partial charge in [0.2, 0.25) is 5.90 Å². The van der Waals surface area contributed by atoms with Crippen molar-refractivity contribution < 1.29 is 19.4 Å². The summed E-state index contributed by atoms with van der Waals surface area (Å²) >= 11 is 15.8. The molecule has 0 saturated heterocycles. The van der Waals surface area contributed by atoms with Gasteiger partial charge in [-0.05, 0) is 60.0 Å². The van der Waals surface area contributed by atoms with E-state index in [4.69, 9.17) is 42.8 Å². The molecule has 10 heteroatoms. The summed E-state index contributed by atoms with van der Waals surface area (Å²) in [6.07, 6.45) is 1.51. The summed E-state index contributed by atoms with van der Waals surface area (Å²) in [4.78, 5) is 18.3. The van der Waals surface area contributed by atoms with E-state index in [0.717, 1.165) is 21.2 Å². The normalized spacial score (nSPS) is 16.6. The number of aliphatic imine (C=N–C) groups is 1. The van der Waals surface area contributed by atoms with Crippen molar-refractivity contribution in [3.63, 3.8) is 0 Å². The lowest BCUT2D eigenvalue weighted by Gasteiger charge is -2.24. The molecule has 0 spiro atoms. The number of benzene rings is 3. The van der Waals surface area contributed by atoms with Crippen molar-refractivity contribution in [3.8, 4) is 5.75 Å². The van der Waals surface area contributed by atoms with E-state index in [0.29, 0.717) is 54.1 Å². The highest BCUT2D eigenvalue weighted by Gasteiger charge is 2.45. The quantitative estimate of drug-likeness (QED) is 0.193. The van der Waals surface area contributed by atoms with Crippen LogP contribution in [0.2, 0.25) is 10.0 Å². The summed E-state index contributed by atoms with van der Waals surface area (Å²) in [6, 6.07) is 20.4. The molecule has 1 aliphatic heterocycles. The lowest BCUT2D eigenvalue weighted by Crippen LogP contribution is -2.53. The first-order valence-corrected chi connectivity index (χ1v) is 13.7. The Balaban J connectivity index is 1.48. The molecular weight excluding hydrogens is 593 g/mol. The van der Waals surface area contributed by atoms with E-state index in [2.05, 4.69) is 26.8 Å². The number of hydrazine groups is 1. The predicted octanol–water partition coefficient (Wildman–Crippen LogP) is 5.14. The van der Waals surface area contributed by atoms with Gasteiger partial charge in [-0.2, -0.15) is 0 Å². The van der Waals surface area contributed by atoms with Gasteiger partial charge in [-0.3, -0.25) is 10.2 Å². The Morgan fingerprint density at radius 1 is 1.11 bits per heavy atom. The zero-order valence-electron chi connectivity index (χ0n) is 20.6. The zero-order valence-corrected chi connectivity index (χ0v) is 23.7. The largest absolute Gasteiger partial charge is 0.494 e. The Hall–Kier alpha value is -2.62. The second-order valence-corrected chi connectivity index (χ2v) is 10.5. The highest BCUT2D eigenvalue weighted by Crippen LogP contribution is 2.30. The standard InChI is InChI=1S/C28H28BrCl2N3O4/c29-24-5-2-1-4-21(24)17-28(27(36)34-32-13-12-19-6-9-22(30)16-25(19)31)18-38-26(33-28)20-7-10-23(11-8-20)37-15-3-14-35/h1-2,4-11,16,32,35H,3,12-15,17-18H2,(H,34,36)/t28-/m0/s1. The van der Waals surface area contributed by atoms with Crippen LogP contribution in [0.25, 0.3) is 0 Å². The van der Waals surface area contributed by atoms with E-state index < -0.39 is 5.54 Å². The summed E-state index contributed by atoms with van der Waals surface area (Å²) in [5.41, 5.74) is 7.26. The minimum atomic E-state index is -1.17. The summed E-state index contributed by atoms with van der Waals surface area (Å²) in [6.45, 7) is 1.07. The molecule has 0 saturated carbocycles. The van der Waals surface area contributed by atoms with E-state index in [9.17, 15) is 4.79 Å². The van der Waals surface area contributed by atoms with E-state index in [1.54, 1.807) is 12.1 Å². The Kier molecular flexibility index (Phi) is 10.0. The maximum absolute atomic E-state index is 13.5. The summed E-state index contributed by atoms with van der Waals surface area (Å²) in [7, 11) is 0. The number of halogens is 3. The smallest absolute Gasteiger partial charge is 0.266 e. The number of aliphatic hydroxyl groups excluding tert-OH is 1. The van der Waals surface area contributed by atoms with Crippen LogP contribution in [0.4, 0.5) is 0 Å². The predicted molar refractivity (Wildman–Crippen MR) is 153 cm³/mol. The number of hydrogen-bond acceptors (Lipinski definition) is 6. The molecule has 3 aromatic carbocycles. The van der Waals surface area contributed by atoms with Crippen molar-refractivity contribution >= 4 is 50.9 Å². The number of ether oxygens (including phenoxy) is 2. The van der Waals surface area contributed by atoms with Crippen LogP contribution in [0.5, 0.6) is 5.75 Å². The van der Waals surface area contributed by atoms with Crippen LogP contribution in [-0.4, -0.2) is 48.8 Å². The van der Waals surface area contributed by atoms with Gasteiger partial charge >= 0.3 is 0 Å². The van der Waals surface area contributed by atoms with Gasteiger partial charge < -0.3 is 14.6 Å². The molecular formula is C28H28BrCl2N3O4. The zero-order chi connectivity index (χ0) is 27.0. The van der Waals surface area contributed by atoms with E-state index in [1.807, 2.05) is 54.6 Å². The van der Waals surface area contributed by atoms with Crippen molar-refractivity contribution in [2.24, 2.45) is 4.99 Å². The van der Waals surface area contributed by atoms with Gasteiger partial charge in [0.1, 0.15) is 12.4 Å². The van der Waals surface area contributed by atoms with Crippen LogP contribution in [0.1, 0.15) is 23.1 Å². The number of rotatable bonds is 12. The van der Waals surface area contributed by atoms with Crippen molar-refractivity contribution in [1.29, 1.82) is 0 Å². The molecule has 0 bridgehead atoms. The molecule has 1 heterocycles. The van der Waals surface area contributed by atoms with Crippen LogP contribution >= 0.6 is 39.1 Å². The van der Waals surface area contributed by atoms with Crippen LogP contribution < -0.4 is 15.6 Å². The molecule has 1 amide bonds. The first kappa shape index (κ1) is 28.4. The average molecular weight is 621 g/mol. The molecule has 4 rings (SSSR count). The monoisotopic (exact) mass is 619 g/mol. The Bertz CT molecular complexity index is 1290. The number of amides is 1. The fourth-order valence-corrected chi connectivity index (χ4v) is 4.90. The van der Waals surface area contributed by atoms with Crippen molar-refractivity contribution in [1.82, 2.24) is 10.9 Å². The van der Waals surface area contributed by atoms with Crippen LogP contribution in [0.15, 0.2) is 76.2 Å². The molecule has 0 unspecified atom stereocenters. The third kappa shape index (κ3) is 7.27. The SMILES string of the molecule is O=C(NNCCc1ccc(Cl)cc1Cl)[C@]1(Cc2ccccc2Br)COC(c2ccc(OCCCO)cc2)=N1. The molecule has 0 radical (unpaired) electrons. The molecule has 0 aromatic heterocycles. The van der Waals surface area contributed by atoms with Crippen LogP contribution in [0, 0.1) is 0 Å². The highest BCUT2D eigenvalue weighted by atomic mass is 79.9. The van der Waals surface area contributed by atoms with Gasteiger partial charge in [-0.25, -0.2) is 10.4 Å². The average Bonchev–Trinajstić information content (AvgIpc) is 3.35. The maximum atomic E-state index is 13.5. The summed E-state index contributed by atoms with van der Waals surface area (Å²) < 4.78 is 12.5. The van der Waals surface area contributed by atoms with Gasteiger partial charge in [0, 0.05) is 46.1 Å². The minimum Gasteiger partial charge on any atom is -0.494 e. The van der Waals surface area contributed by atoms with Crippen molar-refractivity contribution in [3.05, 3.63) is 97.9 Å². The lowest BCUT2D eigenvalue weighted by molar-refractivity contribution is -0.127. The molecule has 0 aliphatic carbocycles. The first-order chi connectivity index (χ1) is 18.4. The molecule has 200 valence electrons. The fourth-order valence-electron chi connectivity index (χ4n) is 3.97. The Morgan fingerprint density at radius 3 is 2.63 bits per heavy atom. The number of hydrogen-bond donors (Lipinski definition) is 3. The van der Waals surface area contributed by atoms with E-state index in [-0.39, 0.29) is 19.1 Å². The Morgan fingerprint density at radius 2 is 1.89 bits per heavy atom. The lowest BCUT2D eigenvalue weighted by atomic mass is 9.91. The topological polar surface area (TPSA) is 92.2 Å². The van der Waals surface area contributed by atoms with Crippen LogP contribution in [0.3, 0.4) is 0 Å². The molecule has 1 aliphatic rings. The van der Waals surface area contributed by atoms with Crippen LogP contribution in [-0.2, 0) is 22.4 Å². The minimum absolute atomic E-state index is 0.0775. The van der Waals surface area contributed by atoms with Crippen molar-refractivity contribution in [2.45, 2.75) is 24.8 Å². The van der Waals surface area contributed by atoms with Gasteiger partial charge in [0.05, 0.1) is 6.61 Å². The molecule has 1 atom stereocenters. The third-order valence-corrected chi connectivity index (χ3v) is 7.40. The number of aliphatic hydroxyl groups is 1. The fraction of sp³-hybridized carbons (Fsp3) is 0.286. The third-order valence-electron chi connectivity index (χ3n) is 6.04. The van der Waals surface area contributed by atoms with E-state index in [1.165, 1.54) is 0 Å². The van der Waals surface area contributed by atoms with Gasteiger partial charge in [0.25, 0.3) is 5.91 Å². The van der Waals surface area contributed by atoms with Gasteiger partial charge in [-0.15, -0.1) is 0 Å². The van der Waals surface area contributed by atoms with Crippen molar-refractivity contribution in [2.75, 3.05) is 26.4 Å². The summed E-state index contributed by atoms with van der Waals surface area (Å²) in [5.74, 6) is 0.777. The second-order valence-electron chi connectivity index (χ2n) is 8.82. The molecule has 38 heavy (non-hydrogen) atoms. The Labute approximate surface area is 240 Å². The highest BCUT2D eigenvalue weighted by molar-refractivity contribution is 9.10. The van der Waals surface area contributed by atoms with E-state index >= 15 is 0 Å². The molecule has 3 N–H and O–H groups in total. The number of carbonyl (C=O) groups excluding carboxylic acids is 1. The first-order valence-electron chi connectivity index (χ1n) is 12.2. The van der Waals surface area contributed by atoms with Gasteiger partial charge in [0.15, 0.2) is 5.54 Å². The molecule has 0 fully saturated rings. The van der Waals surface area contributed by atoms with Gasteiger partial charge in [-0.1, -0.05) is 63.4 Å². The number of nitrogens with one attached hydrogen (secondary N) is 2.